The summed E-state index contributed by atoms with van der Waals surface area (Å²) < 4.78 is 0. The molecule has 1 aliphatic rings. The van der Waals surface area contributed by atoms with Gasteiger partial charge in [-0.05, 0) is 32.4 Å². The zero-order valence-electron chi connectivity index (χ0n) is 11.6. The molecular weight excluding hydrogens is 214 g/mol. The van der Waals surface area contributed by atoms with Gasteiger partial charge in [0.25, 0.3) is 0 Å². The Hall–Kier alpha value is -0.610. The van der Waals surface area contributed by atoms with E-state index >= 15 is 0 Å². The summed E-state index contributed by atoms with van der Waals surface area (Å²) in [7, 11) is 4.05. The van der Waals surface area contributed by atoms with Gasteiger partial charge in [0.2, 0.25) is 5.91 Å². The number of rotatable bonds is 4. The van der Waals surface area contributed by atoms with E-state index in [1.54, 1.807) is 0 Å². The minimum absolute atomic E-state index is 0.0350. The average Bonchev–Trinajstić information content (AvgIpc) is 2.28. The van der Waals surface area contributed by atoms with E-state index in [9.17, 15) is 4.79 Å². The Balaban J connectivity index is 2.61. The van der Waals surface area contributed by atoms with Crippen LogP contribution in [-0.4, -0.2) is 55.5 Å². The van der Waals surface area contributed by atoms with Crippen LogP contribution in [-0.2, 0) is 4.79 Å². The molecule has 0 radical (unpaired) electrons. The highest BCUT2D eigenvalue weighted by molar-refractivity contribution is 5.79. The van der Waals surface area contributed by atoms with Crippen LogP contribution in [0, 0.1) is 11.8 Å². The van der Waals surface area contributed by atoms with Crippen LogP contribution in [0.4, 0.5) is 0 Å². The van der Waals surface area contributed by atoms with Gasteiger partial charge in [-0.3, -0.25) is 4.79 Å². The number of amides is 1. The van der Waals surface area contributed by atoms with Gasteiger partial charge in [0, 0.05) is 26.2 Å². The number of hydrogen-bond acceptors (Lipinski definition) is 3. The molecule has 0 aromatic heterocycles. The van der Waals surface area contributed by atoms with E-state index in [2.05, 4.69) is 25.8 Å². The first-order chi connectivity index (χ1) is 7.97. The Labute approximate surface area is 105 Å². The summed E-state index contributed by atoms with van der Waals surface area (Å²) in [6.07, 6.45) is 2.29. The number of nitrogens with two attached hydrogens (primary N) is 1. The monoisotopic (exact) mass is 241 g/mol. The first-order valence-electron chi connectivity index (χ1n) is 6.62. The molecule has 1 saturated heterocycles. The first-order valence-corrected chi connectivity index (χ1v) is 6.62. The Morgan fingerprint density at radius 3 is 2.65 bits per heavy atom. The van der Waals surface area contributed by atoms with Crippen molar-refractivity contribution in [1.29, 1.82) is 0 Å². The molecule has 0 saturated carbocycles. The fourth-order valence-electron chi connectivity index (χ4n) is 2.55. The number of nitrogens with zero attached hydrogens (tertiary/aromatic N) is 2. The topological polar surface area (TPSA) is 49.6 Å². The lowest BCUT2D eigenvalue weighted by Gasteiger charge is -2.37. The van der Waals surface area contributed by atoms with Crippen LogP contribution >= 0.6 is 0 Å². The molecular formula is C13H27N3O. The van der Waals surface area contributed by atoms with Gasteiger partial charge < -0.3 is 15.5 Å². The van der Waals surface area contributed by atoms with E-state index in [1.165, 1.54) is 6.42 Å². The van der Waals surface area contributed by atoms with Crippen molar-refractivity contribution in [2.45, 2.75) is 32.7 Å². The molecule has 100 valence electrons. The van der Waals surface area contributed by atoms with Crippen molar-refractivity contribution < 1.29 is 4.79 Å². The minimum atomic E-state index is -0.0350. The van der Waals surface area contributed by atoms with Gasteiger partial charge in [0.05, 0.1) is 5.92 Å². The van der Waals surface area contributed by atoms with E-state index in [0.717, 1.165) is 19.5 Å². The Morgan fingerprint density at radius 2 is 2.18 bits per heavy atom. The molecule has 0 aromatic carbocycles. The predicted molar refractivity (Wildman–Crippen MR) is 70.7 cm³/mol. The highest BCUT2D eigenvalue weighted by Gasteiger charge is 2.29. The molecule has 1 fully saturated rings. The van der Waals surface area contributed by atoms with Crippen molar-refractivity contribution in [2.24, 2.45) is 17.6 Å². The number of carbonyl (C=O) groups excluding carboxylic acids is 1. The molecule has 0 spiro atoms. The third-order valence-electron chi connectivity index (χ3n) is 3.87. The zero-order chi connectivity index (χ0) is 13.0. The van der Waals surface area contributed by atoms with Crippen LogP contribution in [0.25, 0.3) is 0 Å². The summed E-state index contributed by atoms with van der Waals surface area (Å²) in [6.45, 7) is 6.70. The number of carbonyl (C=O) groups is 1. The SMILES string of the molecule is CC(C)C(CN)C(=O)N(C)C1CCCN(C)C1. The first kappa shape index (κ1) is 14.5. The third-order valence-corrected chi connectivity index (χ3v) is 3.87. The van der Waals surface area contributed by atoms with Gasteiger partial charge in [0.1, 0.15) is 0 Å². The molecule has 0 aromatic rings. The van der Waals surface area contributed by atoms with Crippen molar-refractivity contribution >= 4 is 5.91 Å². The largest absolute Gasteiger partial charge is 0.341 e. The molecule has 0 aliphatic carbocycles. The molecule has 2 atom stereocenters. The number of likely N-dealkylation sites (tertiary alicyclic amines) is 1. The number of hydrogen-bond donors (Lipinski definition) is 1. The Morgan fingerprint density at radius 1 is 1.53 bits per heavy atom. The Kier molecular flexibility index (Phi) is 5.40. The van der Waals surface area contributed by atoms with Crippen LogP contribution in [0.3, 0.4) is 0 Å². The van der Waals surface area contributed by atoms with Crippen LogP contribution in [0.15, 0.2) is 0 Å². The summed E-state index contributed by atoms with van der Waals surface area (Å²) in [5, 5.41) is 0. The second-order valence-corrected chi connectivity index (χ2v) is 5.59. The summed E-state index contributed by atoms with van der Waals surface area (Å²) in [4.78, 5) is 16.6. The van der Waals surface area contributed by atoms with Crippen LogP contribution in [0.1, 0.15) is 26.7 Å². The van der Waals surface area contributed by atoms with Crippen molar-refractivity contribution in [1.82, 2.24) is 9.80 Å². The van der Waals surface area contributed by atoms with Crippen molar-refractivity contribution in [2.75, 3.05) is 33.7 Å². The molecule has 2 unspecified atom stereocenters. The molecule has 1 aliphatic heterocycles. The summed E-state index contributed by atoms with van der Waals surface area (Å²) >= 11 is 0. The molecule has 2 N–H and O–H groups in total. The van der Waals surface area contributed by atoms with E-state index in [-0.39, 0.29) is 11.8 Å². The van der Waals surface area contributed by atoms with Crippen molar-refractivity contribution in [3.05, 3.63) is 0 Å². The second kappa shape index (κ2) is 6.36. The number of piperidine rings is 1. The summed E-state index contributed by atoms with van der Waals surface area (Å²) in [6, 6.07) is 0.356. The highest BCUT2D eigenvalue weighted by Crippen LogP contribution is 2.18. The molecule has 1 amide bonds. The summed E-state index contributed by atoms with van der Waals surface area (Å²) in [5.41, 5.74) is 5.71. The second-order valence-electron chi connectivity index (χ2n) is 5.59. The van der Waals surface area contributed by atoms with Gasteiger partial charge in [-0.15, -0.1) is 0 Å². The smallest absolute Gasteiger partial charge is 0.227 e. The zero-order valence-corrected chi connectivity index (χ0v) is 11.6. The molecule has 1 rings (SSSR count). The Bertz CT molecular complexity index is 255. The quantitative estimate of drug-likeness (QED) is 0.791. The normalized spacial score (nSPS) is 23.8. The van der Waals surface area contributed by atoms with Crippen LogP contribution < -0.4 is 5.73 Å². The van der Waals surface area contributed by atoms with Gasteiger partial charge in [-0.1, -0.05) is 13.8 Å². The predicted octanol–water partition coefficient (Wildman–Crippen LogP) is 0.770. The van der Waals surface area contributed by atoms with Crippen molar-refractivity contribution in [3.8, 4) is 0 Å². The summed E-state index contributed by atoms with van der Waals surface area (Å²) in [5.74, 6) is 0.492. The lowest BCUT2D eigenvalue weighted by molar-refractivity contribution is -0.138. The van der Waals surface area contributed by atoms with Crippen LogP contribution in [0.5, 0.6) is 0 Å². The third kappa shape index (κ3) is 3.68. The molecule has 17 heavy (non-hydrogen) atoms. The molecule has 4 nitrogen and oxygen atoms in total. The molecule has 0 bridgehead atoms. The maximum Gasteiger partial charge on any atom is 0.227 e. The van der Waals surface area contributed by atoms with E-state index in [4.69, 9.17) is 5.73 Å². The maximum atomic E-state index is 12.3. The van der Waals surface area contributed by atoms with E-state index in [1.807, 2.05) is 11.9 Å². The van der Waals surface area contributed by atoms with E-state index < -0.39 is 0 Å². The molecule has 4 heteroatoms. The average molecular weight is 241 g/mol. The van der Waals surface area contributed by atoms with Crippen molar-refractivity contribution in [3.63, 3.8) is 0 Å². The van der Waals surface area contributed by atoms with Gasteiger partial charge in [0.15, 0.2) is 0 Å². The maximum absolute atomic E-state index is 12.3. The van der Waals surface area contributed by atoms with Gasteiger partial charge >= 0.3 is 0 Å². The highest BCUT2D eigenvalue weighted by atomic mass is 16.2. The fourth-order valence-corrected chi connectivity index (χ4v) is 2.55. The minimum Gasteiger partial charge on any atom is -0.341 e. The number of likely N-dealkylation sites (N-methyl/N-ethyl adjacent to an activating group) is 2. The van der Waals surface area contributed by atoms with Gasteiger partial charge in [-0.2, -0.15) is 0 Å². The van der Waals surface area contributed by atoms with E-state index in [0.29, 0.717) is 18.5 Å². The fraction of sp³-hybridized carbons (Fsp3) is 0.923. The lowest BCUT2D eigenvalue weighted by atomic mass is 9.93. The molecule has 1 heterocycles. The standard InChI is InChI=1S/C13H27N3O/c1-10(2)12(8-14)13(17)16(4)11-6-5-7-15(3)9-11/h10-12H,5-9,14H2,1-4H3. The van der Waals surface area contributed by atoms with Gasteiger partial charge in [-0.25, -0.2) is 0 Å². The van der Waals surface area contributed by atoms with Crippen LogP contribution in [0.2, 0.25) is 0 Å². The lowest BCUT2D eigenvalue weighted by Crippen LogP contribution is -2.50.